The van der Waals surface area contributed by atoms with E-state index in [2.05, 4.69) is 10.4 Å². The van der Waals surface area contributed by atoms with Crippen LogP contribution in [-0.2, 0) is 16.1 Å². The number of nitrogens with one attached hydrogen (secondary N) is 1. The third-order valence-corrected chi connectivity index (χ3v) is 4.04. The van der Waals surface area contributed by atoms with E-state index in [-0.39, 0.29) is 18.1 Å². The zero-order valence-electron chi connectivity index (χ0n) is 13.5. The molecule has 1 fully saturated rings. The molecule has 0 bridgehead atoms. The van der Waals surface area contributed by atoms with Crippen LogP contribution in [0.3, 0.4) is 0 Å². The number of likely N-dealkylation sites (N-methyl/N-ethyl adjacent to an activating group) is 1. The first-order valence-electron chi connectivity index (χ1n) is 7.84. The summed E-state index contributed by atoms with van der Waals surface area (Å²) < 4.78 is 7.37. The second-order valence-corrected chi connectivity index (χ2v) is 5.83. The number of benzene rings is 1. The van der Waals surface area contributed by atoms with Crippen LogP contribution in [-0.4, -0.2) is 52.9 Å². The summed E-state index contributed by atoms with van der Waals surface area (Å²) in [5.74, 6) is 0.0460. The van der Waals surface area contributed by atoms with Crippen LogP contribution in [0.15, 0.2) is 42.7 Å². The van der Waals surface area contributed by atoms with Crippen molar-refractivity contribution in [3.8, 4) is 5.69 Å². The van der Waals surface area contributed by atoms with Crippen molar-refractivity contribution in [2.75, 3.05) is 20.2 Å². The highest BCUT2D eigenvalue weighted by atomic mass is 16.5. The summed E-state index contributed by atoms with van der Waals surface area (Å²) in [4.78, 5) is 14.3. The molecule has 6 nitrogen and oxygen atoms in total. The number of carbonyl (C=O) groups is 1. The van der Waals surface area contributed by atoms with Crippen molar-refractivity contribution in [1.29, 1.82) is 0 Å². The molecule has 1 aromatic heterocycles. The fourth-order valence-electron chi connectivity index (χ4n) is 2.76. The molecule has 0 saturated carbocycles. The van der Waals surface area contributed by atoms with Gasteiger partial charge in [0.05, 0.1) is 24.6 Å². The fraction of sp³-hybridized carbons (Fsp3) is 0.412. The Kier molecular flexibility index (Phi) is 4.73. The zero-order valence-corrected chi connectivity index (χ0v) is 13.5. The molecule has 0 radical (unpaired) electrons. The lowest BCUT2D eigenvalue weighted by Crippen LogP contribution is -2.55. The van der Waals surface area contributed by atoms with Gasteiger partial charge < -0.3 is 15.0 Å². The maximum Gasteiger partial charge on any atom is 0.242 e. The number of amides is 1. The third-order valence-electron chi connectivity index (χ3n) is 4.04. The Hall–Kier alpha value is -2.18. The van der Waals surface area contributed by atoms with Crippen molar-refractivity contribution in [2.24, 2.45) is 0 Å². The SMILES string of the molecule is C[C@H]1OCCN[C@@H]1C(=O)N(C)Cc1cnn(-c2ccccc2)c1. The molecule has 0 aliphatic carbocycles. The Morgan fingerprint density at radius 2 is 2.22 bits per heavy atom. The summed E-state index contributed by atoms with van der Waals surface area (Å²) in [5, 5.41) is 7.59. The minimum atomic E-state index is -0.280. The second-order valence-electron chi connectivity index (χ2n) is 5.83. The van der Waals surface area contributed by atoms with Crippen LogP contribution in [0, 0.1) is 0 Å². The van der Waals surface area contributed by atoms with E-state index < -0.39 is 0 Å². The molecule has 6 heteroatoms. The van der Waals surface area contributed by atoms with Crippen LogP contribution >= 0.6 is 0 Å². The molecule has 3 rings (SSSR count). The second kappa shape index (κ2) is 6.93. The minimum absolute atomic E-state index is 0.0460. The molecule has 23 heavy (non-hydrogen) atoms. The Bertz CT molecular complexity index is 656. The standard InChI is InChI=1S/C17H22N4O2/c1-13-16(18-8-9-23-13)17(22)20(2)11-14-10-19-21(12-14)15-6-4-3-5-7-15/h3-7,10,12-13,16,18H,8-9,11H2,1-2H3/t13-,16+/m1/s1. The first kappa shape index (κ1) is 15.7. The number of hydrogen-bond acceptors (Lipinski definition) is 4. The van der Waals surface area contributed by atoms with E-state index in [4.69, 9.17) is 4.74 Å². The number of carbonyl (C=O) groups excluding carboxylic acids is 1. The molecular weight excluding hydrogens is 292 g/mol. The molecule has 2 heterocycles. The first-order valence-corrected chi connectivity index (χ1v) is 7.84. The van der Waals surface area contributed by atoms with Crippen molar-refractivity contribution in [3.05, 3.63) is 48.3 Å². The average Bonchev–Trinajstić information content (AvgIpc) is 3.04. The Balaban J connectivity index is 1.65. The smallest absolute Gasteiger partial charge is 0.242 e. The molecule has 1 saturated heterocycles. The van der Waals surface area contributed by atoms with Crippen LogP contribution in [0.4, 0.5) is 0 Å². The van der Waals surface area contributed by atoms with Crippen LogP contribution in [0.2, 0.25) is 0 Å². The number of morpholine rings is 1. The van der Waals surface area contributed by atoms with Crippen molar-refractivity contribution in [2.45, 2.75) is 25.6 Å². The van der Waals surface area contributed by atoms with E-state index >= 15 is 0 Å². The van der Waals surface area contributed by atoms with Crippen LogP contribution < -0.4 is 5.32 Å². The molecule has 122 valence electrons. The molecule has 2 atom stereocenters. The summed E-state index contributed by atoms with van der Waals surface area (Å²) in [5.41, 5.74) is 2.00. The van der Waals surface area contributed by atoms with Crippen LogP contribution in [0.25, 0.3) is 5.69 Å². The number of para-hydroxylation sites is 1. The quantitative estimate of drug-likeness (QED) is 0.921. The maximum absolute atomic E-state index is 12.5. The highest BCUT2D eigenvalue weighted by Gasteiger charge is 2.30. The minimum Gasteiger partial charge on any atom is -0.375 e. The van der Waals surface area contributed by atoms with Gasteiger partial charge in [0.1, 0.15) is 6.04 Å². The molecule has 1 N–H and O–H groups in total. The molecule has 2 aromatic rings. The fourth-order valence-corrected chi connectivity index (χ4v) is 2.76. The molecule has 1 aliphatic rings. The normalized spacial score (nSPS) is 21.1. The van der Waals surface area contributed by atoms with Crippen LogP contribution in [0.5, 0.6) is 0 Å². The maximum atomic E-state index is 12.5. The van der Waals surface area contributed by atoms with Gasteiger partial charge in [0.2, 0.25) is 5.91 Å². The third kappa shape index (κ3) is 3.60. The van der Waals surface area contributed by atoms with Gasteiger partial charge in [0, 0.05) is 31.9 Å². The van der Waals surface area contributed by atoms with Crippen molar-refractivity contribution in [3.63, 3.8) is 0 Å². The van der Waals surface area contributed by atoms with Gasteiger partial charge in [-0.05, 0) is 19.1 Å². The average molecular weight is 314 g/mol. The van der Waals surface area contributed by atoms with Gasteiger partial charge >= 0.3 is 0 Å². The summed E-state index contributed by atoms with van der Waals surface area (Å²) in [6.07, 6.45) is 3.64. The van der Waals surface area contributed by atoms with E-state index in [0.717, 1.165) is 11.3 Å². The summed E-state index contributed by atoms with van der Waals surface area (Å²) >= 11 is 0. The van der Waals surface area contributed by atoms with E-state index in [1.807, 2.05) is 55.2 Å². The van der Waals surface area contributed by atoms with Crippen molar-refractivity contribution >= 4 is 5.91 Å². The highest BCUT2D eigenvalue weighted by molar-refractivity contribution is 5.82. The molecule has 1 aliphatic heterocycles. The largest absolute Gasteiger partial charge is 0.375 e. The number of aromatic nitrogens is 2. The van der Waals surface area contributed by atoms with Crippen molar-refractivity contribution in [1.82, 2.24) is 20.0 Å². The molecule has 1 amide bonds. The highest BCUT2D eigenvalue weighted by Crippen LogP contribution is 2.12. The van der Waals surface area contributed by atoms with Gasteiger partial charge in [-0.25, -0.2) is 4.68 Å². The van der Waals surface area contributed by atoms with Gasteiger partial charge in [0.25, 0.3) is 0 Å². The lowest BCUT2D eigenvalue weighted by Gasteiger charge is -2.32. The zero-order chi connectivity index (χ0) is 16.2. The van der Waals surface area contributed by atoms with Crippen LogP contribution in [0.1, 0.15) is 12.5 Å². The summed E-state index contributed by atoms with van der Waals surface area (Å²) in [6, 6.07) is 9.64. The van der Waals surface area contributed by atoms with E-state index in [1.165, 1.54) is 0 Å². The van der Waals surface area contributed by atoms with E-state index in [9.17, 15) is 4.79 Å². The van der Waals surface area contributed by atoms with Gasteiger partial charge in [-0.3, -0.25) is 4.79 Å². The Morgan fingerprint density at radius 1 is 1.43 bits per heavy atom. The van der Waals surface area contributed by atoms with Gasteiger partial charge in [-0.2, -0.15) is 5.10 Å². The predicted octanol–water partition coefficient (Wildman–Crippen LogP) is 1.21. The molecule has 0 spiro atoms. The van der Waals surface area contributed by atoms with Crippen molar-refractivity contribution < 1.29 is 9.53 Å². The lowest BCUT2D eigenvalue weighted by atomic mass is 10.1. The van der Waals surface area contributed by atoms with Gasteiger partial charge in [0.15, 0.2) is 0 Å². The lowest BCUT2D eigenvalue weighted by molar-refractivity contribution is -0.138. The molecular formula is C17H22N4O2. The Morgan fingerprint density at radius 3 is 2.96 bits per heavy atom. The number of rotatable bonds is 4. The first-order chi connectivity index (χ1) is 11.1. The number of hydrogen-bond donors (Lipinski definition) is 1. The molecule has 0 unspecified atom stereocenters. The van der Waals surface area contributed by atoms with E-state index in [1.54, 1.807) is 11.1 Å². The van der Waals surface area contributed by atoms with Gasteiger partial charge in [-0.15, -0.1) is 0 Å². The molecule has 1 aromatic carbocycles. The topological polar surface area (TPSA) is 59.4 Å². The Labute approximate surface area is 136 Å². The predicted molar refractivity (Wildman–Crippen MR) is 87.2 cm³/mol. The van der Waals surface area contributed by atoms with Gasteiger partial charge in [-0.1, -0.05) is 18.2 Å². The number of ether oxygens (including phenoxy) is 1. The number of nitrogens with zero attached hydrogens (tertiary/aromatic N) is 3. The summed E-state index contributed by atoms with van der Waals surface area (Å²) in [6.45, 7) is 3.81. The van der Waals surface area contributed by atoms with E-state index in [0.29, 0.717) is 19.7 Å². The summed E-state index contributed by atoms with van der Waals surface area (Å²) in [7, 11) is 1.81. The monoisotopic (exact) mass is 314 g/mol.